The molecule has 4 nitrogen and oxygen atoms in total. The predicted molar refractivity (Wildman–Crippen MR) is 82.5 cm³/mol. The Morgan fingerprint density at radius 1 is 0.955 bits per heavy atom. The summed E-state index contributed by atoms with van der Waals surface area (Å²) in [6, 6.07) is 9.34. The minimum Gasteiger partial charge on any atom is -0.335 e. The van der Waals surface area contributed by atoms with E-state index in [1.807, 2.05) is 11.4 Å². The summed E-state index contributed by atoms with van der Waals surface area (Å²) in [4.78, 5) is 28.7. The van der Waals surface area contributed by atoms with Gasteiger partial charge in [-0.2, -0.15) is 0 Å². The maximum absolute atomic E-state index is 13.2. The molecule has 3 rings (SSSR count). The molecule has 1 fully saturated rings. The first kappa shape index (κ1) is 14.7. The van der Waals surface area contributed by atoms with Crippen molar-refractivity contribution in [2.75, 3.05) is 26.2 Å². The van der Waals surface area contributed by atoms with Crippen LogP contribution in [0.25, 0.3) is 0 Å². The van der Waals surface area contributed by atoms with E-state index in [2.05, 4.69) is 0 Å². The highest BCUT2D eigenvalue weighted by Gasteiger charge is 2.25. The molecular weight excluding hydrogens is 303 g/mol. The van der Waals surface area contributed by atoms with Gasteiger partial charge >= 0.3 is 0 Å². The smallest absolute Gasteiger partial charge is 0.264 e. The Morgan fingerprint density at radius 2 is 1.64 bits per heavy atom. The van der Waals surface area contributed by atoms with Crippen molar-refractivity contribution >= 4 is 23.2 Å². The molecule has 2 amide bonds. The number of thiophene rings is 1. The number of nitrogens with zero attached hydrogens (tertiary/aromatic N) is 2. The summed E-state index contributed by atoms with van der Waals surface area (Å²) in [6.07, 6.45) is 0. The lowest BCUT2D eigenvalue weighted by Gasteiger charge is -2.34. The van der Waals surface area contributed by atoms with E-state index in [4.69, 9.17) is 0 Å². The van der Waals surface area contributed by atoms with Gasteiger partial charge in [0.05, 0.1) is 4.88 Å². The van der Waals surface area contributed by atoms with E-state index >= 15 is 0 Å². The van der Waals surface area contributed by atoms with E-state index in [1.165, 1.54) is 29.5 Å². The summed E-state index contributed by atoms with van der Waals surface area (Å²) in [7, 11) is 0. The Bertz CT molecular complexity index is 679. The number of carbonyl (C=O) groups is 2. The third-order valence-electron chi connectivity index (χ3n) is 3.66. The normalized spacial score (nSPS) is 15.0. The fourth-order valence-electron chi connectivity index (χ4n) is 2.47. The quantitative estimate of drug-likeness (QED) is 0.853. The van der Waals surface area contributed by atoms with Crippen LogP contribution in [0.3, 0.4) is 0 Å². The van der Waals surface area contributed by atoms with E-state index in [0.717, 1.165) is 0 Å². The van der Waals surface area contributed by atoms with Gasteiger partial charge in [0.25, 0.3) is 11.8 Å². The van der Waals surface area contributed by atoms with Crippen LogP contribution < -0.4 is 0 Å². The van der Waals surface area contributed by atoms with Crippen LogP contribution in [0.1, 0.15) is 20.0 Å². The highest BCUT2D eigenvalue weighted by atomic mass is 32.1. The maximum Gasteiger partial charge on any atom is 0.264 e. The van der Waals surface area contributed by atoms with Gasteiger partial charge in [-0.25, -0.2) is 4.39 Å². The summed E-state index contributed by atoms with van der Waals surface area (Å²) in [6.45, 7) is 1.93. The molecule has 0 unspecified atom stereocenters. The Hall–Kier alpha value is -2.21. The second kappa shape index (κ2) is 6.27. The number of halogens is 1. The average molecular weight is 318 g/mol. The van der Waals surface area contributed by atoms with E-state index in [0.29, 0.717) is 36.6 Å². The summed E-state index contributed by atoms with van der Waals surface area (Å²) >= 11 is 1.42. The van der Waals surface area contributed by atoms with Crippen molar-refractivity contribution in [2.45, 2.75) is 0 Å². The molecule has 22 heavy (non-hydrogen) atoms. The molecule has 0 N–H and O–H groups in total. The molecule has 0 atom stereocenters. The zero-order valence-corrected chi connectivity index (χ0v) is 12.7. The summed E-state index contributed by atoms with van der Waals surface area (Å²) < 4.78 is 13.2. The van der Waals surface area contributed by atoms with Crippen molar-refractivity contribution in [3.63, 3.8) is 0 Å². The zero-order chi connectivity index (χ0) is 15.5. The number of benzene rings is 1. The van der Waals surface area contributed by atoms with Crippen molar-refractivity contribution in [2.24, 2.45) is 0 Å². The lowest BCUT2D eigenvalue weighted by molar-refractivity contribution is 0.0538. The molecule has 0 bridgehead atoms. The lowest BCUT2D eigenvalue weighted by Crippen LogP contribution is -2.50. The molecule has 1 aliphatic heterocycles. The topological polar surface area (TPSA) is 40.6 Å². The molecule has 0 saturated carbocycles. The molecule has 0 aliphatic carbocycles. The van der Waals surface area contributed by atoms with Crippen LogP contribution in [0.2, 0.25) is 0 Å². The molecule has 0 spiro atoms. The Morgan fingerprint density at radius 3 is 2.23 bits per heavy atom. The monoisotopic (exact) mass is 318 g/mol. The first-order chi connectivity index (χ1) is 10.6. The molecule has 1 aromatic carbocycles. The number of rotatable bonds is 2. The summed E-state index contributed by atoms with van der Waals surface area (Å²) in [5.74, 6) is -0.604. The van der Waals surface area contributed by atoms with Crippen LogP contribution >= 0.6 is 11.3 Å². The average Bonchev–Trinajstić information content (AvgIpc) is 3.08. The van der Waals surface area contributed by atoms with Crippen LogP contribution in [-0.2, 0) is 0 Å². The number of hydrogen-bond donors (Lipinski definition) is 0. The molecule has 1 aliphatic rings. The van der Waals surface area contributed by atoms with Crippen molar-refractivity contribution in [1.82, 2.24) is 9.80 Å². The highest BCUT2D eigenvalue weighted by Crippen LogP contribution is 2.15. The Labute approximate surface area is 131 Å². The zero-order valence-electron chi connectivity index (χ0n) is 11.9. The molecule has 2 aromatic rings. The van der Waals surface area contributed by atoms with Gasteiger partial charge in [0.2, 0.25) is 0 Å². The molecule has 0 radical (unpaired) electrons. The fraction of sp³-hybridized carbons (Fsp3) is 0.250. The molecular formula is C16H15FN2O2S. The minimum absolute atomic E-state index is 0.00727. The third kappa shape index (κ3) is 3.01. The van der Waals surface area contributed by atoms with Gasteiger partial charge in [-0.15, -0.1) is 11.3 Å². The van der Waals surface area contributed by atoms with Gasteiger partial charge in [0, 0.05) is 31.7 Å². The van der Waals surface area contributed by atoms with Gasteiger partial charge in [0.1, 0.15) is 5.82 Å². The van der Waals surface area contributed by atoms with E-state index in [9.17, 15) is 14.0 Å². The largest absolute Gasteiger partial charge is 0.335 e. The second-order valence-corrected chi connectivity index (χ2v) is 6.02. The van der Waals surface area contributed by atoms with Crippen LogP contribution in [0.5, 0.6) is 0 Å². The fourth-order valence-corrected chi connectivity index (χ4v) is 3.16. The summed E-state index contributed by atoms with van der Waals surface area (Å²) in [5.41, 5.74) is 0.345. The third-order valence-corrected chi connectivity index (χ3v) is 4.52. The number of piperazine rings is 1. The van der Waals surface area contributed by atoms with Crippen molar-refractivity contribution in [3.8, 4) is 0 Å². The van der Waals surface area contributed by atoms with E-state index in [1.54, 1.807) is 21.9 Å². The predicted octanol–water partition coefficient (Wildman–Crippen LogP) is 2.49. The number of hydrogen-bond acceptors (Lipinski definition) is 3. The maximum atomic E-state index is 13.2. The van der Waals surface area contributed by atoms with Crippen LogP contribution in [0, 0.1) is 5.82 Å². The molecule has 1 aromatic heterocycles. The summed E-state index contributed by atoms with van der Waals surface area (Å²) in [5, 5.41) is 1.87. The van der Waals surface area contributed by atoms with Crippen molar-refractivity contribution in [3.05, 3.63) is 58.0 Å². The first-order valence-corrected chi connectivity index (χ1v) is 7.91. The van der Waals surface area contributed by atoms with Crippen LogP contribution in [0.4, 0.5) is 4.39 Å². The van der Waals surface area contributed by atoms with Crippen LogP contribution in [-0.4, -0.2) is 47.8 Å². The van der Waals surface area contributed by atoms with E-state index < -0.39 is 5.82 Å². The Kier molecular flexibility index (Phi) is 4.20. The SMILES string of the molecule is O=C(c1cccc(F)c1)N1CCN(C(=O)c2cccs2)CC1. The van der Waals surface area contributed by atoms with E-state index in [-0.39, 0.29) is 11.8 Å². The van der Waals surface area contributed by atoms with Gasteiger partial charge in [0.15, 0.2) is 0 Å². The van der Waals surface area contributed by atoms with Crippen molar-refractivity contribution < 1.29 is 14.0 Å². The van der Waals surface area contributed by atoms with Gasteiger partial charge in [-0.1, -0.05) is 12.1 Å². The Balaban J connectivity index is 1.62. The molecule has 6 heteroatoms. The second-order valence-electron chi connectivity index (χ2n) is 5.07. The molecule has 1 saturated heterocycles. The highest BCUT2D eigenvalue weighted by molar-refractivity contribution is 7.12. The standard InChI is InChI=1S/C16H15FN2O2S/c17-13-4-1-3-12(11-13)15(20)18-6-8-19(9-7-18)16(21)14-5-2-10-22-14/h1-5,10-11H,6-9H2. The molecule has 114 valence electrons. The molecule has 2 heterocycles. The van der Waals surface area contributed by atoms with Gasteiger partial charge in [-0.3, -0.25) is 9.59 Å². The van der Waals surface area contributed by atoms with Crippen LogP contribution in [0.15, 0.2) is 41.8 Å². The first-order valence-electron chi connectivity index (χ1n) is 7.03. The number of amides is 2. The van der Waals surface area contributed by atoms with Gasteiger partial charge in [-0.05, 0) is 29.6 Å². The lowest BCUT2D eigenvalue weighted by atomic mass is 10.1. The van der Waals surface area contributed by atoms with Crippen molar-refractivity contribution in [1.29, 1.82) is 0 Å². The van der Waals surface area contributed by atoms with Gasteiger partial charge < -0.3 is 9.80 Å². The number of carbonyl (C=O) groups excluding carboxylic acids is 2. The minimum atomic E-state index is -0.419.